The van der Waals surface area contributed by atoms with Crippen LogP contribution in [0.1, 0.15) is 17.3 Å². The fraction of sp³-hybridized carbons (Fsp3) is 0.154. The standard InChI is InChI=1S/C13H11ClO2/c1-2-16-13(15)10-7-6-9-4-3-5-12(14)11(9)8-10/h3-8H,2H2,1H3. The van der Waals surface area contributed by atoms with Crippen LogP contribution in [0.3, 0.4) is 0 Å². The average molecular weight is 235 g/mol. The van der Waals surface area contributed by atoms with E-state index >= 15 is 0 Å². The first-order valence-corrected chi connectivity index (χ1v) is 5.45. The Kier molecular flexibility index (Phi) is 3.11. The van der Waals surface area contributed by atoms with Gasteiger partial charge in [-0.3, -0.25) is 0 Å². The molecule has 16 heavy (non-hydrogen) atoms. The monoisotopic (exact) mass is 234 g/mol. The minimum Gasteiger partial charge on any atom is -0.462 e. The molecule has 0 spiro atoms. The van der Waals surface area contributed by atoms with Gasteiger partial charge < -0.3 is 4.74 Å². The Morgan fingerprint density at radius 3 is 2.88 bits per heavy atom. The first-order chi connectivity index (χ1) is 7.72. The lowest BCUT2D eigenvalue weighted by atomic mass is 10.1. The Morgan fingerprint density at radius 2 is 2.12 bits per heavy atom. The van der Waals surface area contributed by atoms with Gasteiger partial charge in [-0.25, -0.2) is 4.79 Å². The molecule has 0 radical (unpaired) electrons. The van der Waals surface area contributed by atoms with Crippen LogP contribution in [-0.4, -0.2) is 12.6 Å². The molecule has 0 bridgehead atoms. The Balaban J connectivity index is 2.51. The minimum atomic E-state index is -0.315. The molecule has 0 aliphatic rings. The summed E-state index contributed by atoms with van der Waals surface area (Å²) in [5.74, 6) is -0.315. The summed E-state index contributed by atoms with van der Waals surface area (Å²) in [5.41, 5.74) is 0.530. The molecule has 0 unspecified atom stereocenters. The quantitative estimate of drug-likeness (QED) is 0.741. The molecule has 2 aromatic rings. The Hall–Kier alpha value is -1.54. The highest BCUT2D eigenvalue weighted by atomic mass is 35.5. The Bertz CT molecular complexity index is 534. The van der Waals surface area contributed by atoms with Gasteiger partial charge in [0.25, 0.3) is 0 Å². The smallest absolute Gasteiger partial charge is 0.338 e. The van der Waals surface area contributed by atoms with Crippen molar-refractivity contribution in [3.8, 4) is 0 Å². The van der Waals surface area contributed by atoms with Gasteiger partial charge in [-0.1, -0.05) is 29.8 Å². The van der Waals surface area contributed by atoms with Gasteiger partial charge in [0, 0.05) is 10.4 Å². The second-order valence-electron chi connectivity index (χ2n) is 3.40. The van der Waals surface area contributed by atoms with Gasteiger partial charge in [-0.05, 0) is 30.5 Å². The van der Waals surface area contributed by atoms with E-state index in [2.05, 4.69) is 0 Å². The van der Waals surface area contributed by atoms with E-state index in [9.17, 15) is 4.79 Å². The van der Waals surface area contributed by atoms with Crippen LogP contribution in [-0.2, 0) is 4.74 Å². The van der Waals surface area contributed by atoms with Gasteiger partial charge in [0.2, 0.25) is 0 Å². The van der Waals surface area contributed by atoms with Gasteiger partial charge in [-0.15, -0.1) is 0 Å². The van der Waals surface area contributed by atoms with Crippen molar-refractivity contribution in [2.24, 2.45) is 0 Å². The van der Waals surface area contributed by atoms with Crippen LogP contribution in [0, 0.1) is 0 Å². The predicted octanol–water partition coefficient (Wildman–Crippen LogP) is 3.67. The second-order valence-corrected chi connectivity index (χ2v) is 3.80. The highest BCUT2D eigenvalue weighted by Crippen LogP contribution is 2.24. The molecule has 2 rings (SSSR count). The average Bonchev–Trinajstić information content (AvgIpc) is 2.29. The number of hydrogen-bond donors (Lipinski definition) is 0. The highest BCUT2D eigenvalue weighted by Gasteiger charge is 2.07. The van der Waals surface area contributed by atoms with E-state index in [0.29, 0.717) is 17.2 Å². The van der Waals surface area contributed by atoms with Crippen molar-refractivity contribution in [2.75, 3.05) is 6.61 Å². The van der Waals surface area contributed by atoms with Crippen LogP contribution in [0.5, 0.6) is 0 Å². The van der Waals surface area contributed by atoms with Gasteiger partial charge in [-0.2, -0.15) is 0 Å². The zero-order valence-corrected chi connectivity index (χ0v) is 9.62. The zero-order valence-electron chi connectivity index (χ0n) is 8.87. The number of benzene rings is 2. The predicted molar refractivity (Wildman–Crippen MR) is 64.9 cm³/mol. The second kappa shape index (κ2) is 4.54. The lowest BCUT2D eigenvalue weighted by molar-refractivity contribution is 0.0526. The summed E-state index contributed by atoms with van der Waals surface area (Å²) in [4.78, 5) is 11.5. The van der Waals surface area contributed by atoms with Crippen LogP contribution in [0.4, 0.5) is 0 Å². The third kappa shape index (κ3) is 2.02. The fourth-order valence-electron chi connectivity index (χ4n) is 1.58. The van der Waals surface area contributed by atoms with Crippen LogP contribution >= 0.6 is 11.6 Å². The maximum absolute atomic E-state index is 11.5. The SMILES string of the molecule is CCOC(=O)c1ccc2cccc(Cl)c2c1. The molecule has 0 aliphatic heterocycles. The topological polar surface area (TPSA) is 26.3 Å². The summed E-state index contributed by atoms with van der Waals surface area (Å²) < 4.78 is 4.93. The molecule has 82 valence electrons. The number of carbonyl (C=O) groups excluding carboxylic acids is 1. The molecule has 2 aromatic carbocycles. The minimum absolute atomic E-state index is 0.315. The van der Waals surface area contributed by atoms with E-state index in [-0.39, 0.29) is 5.97 Å². The van der Waals surface area contributed by atoms with Crippen molar-refractivity contribution in [1.29, 1.82) is 0 Å². The van der Waals surface area contributed by atoms with E-state index in [4.69, 9.17) is 16.3 Å². The summed E-state index contributed by atoms with van der Waals surface area (Å²) >= 11 is 6.06. The Morgan fingerprint density at radius 1 is 1.31 bits per heavy atom. The number of rotatable bonds is 2. The zero-order chi connectivity index (χ0) is 11.5. The summed E-state index contributed by atoms with van der Waals surface area (Å²) in [6.45, 7) is 2.16. The van der Waals surface area contributed by atoms with Gasteiger partial charge in [0.05, 0.1) is 12.2 Å². The van der Waals surface area contributed by atoms with Crippen LogP contribution in [0.15, 0.2) is 36.4 Å². The van der Waals surface area contributed by atoms with Crippen molar-refractivity contribution in [3.05, 3.63) is 47.0 Å². The van der Waals surface area contributed by atoms with Crippen LogP contribution in [0.25, 0.3) is 10.8 Å². The van der Waals surface area contributed by atoms with Crippen molar-refractivity contribution in [2.45, 2.75) is 6.92 Å². The van der Waals surface area contributed by atoms with Gasteiger partial charge >= 0.3 is 5.97 Å². The lowest BCUT2D eigenvalue weighted by Crippen LogP contribution is -2.04. The number of halogens is 1. The Labute approximate surface area is 98.8 Å². The fourth-order valence-corrected chi connectivity index (χ4v) is 1.81. The molecular weight excluding hydrogens is 224 g/mol. The van der Waals surface area contributed by atoms with E-state index in [1.165, 1.54) is 0 Å². The van der Waals surface area contributed by atoms with Crippen LogP contribution in [0.2, 0.25) is 5.02 Å². The highest BCUT2D eigenvalue weighted by molar-refractivity contribution is 6.35. The summed E-state index contributed by atoms with van der Waals surface area (Å²) in [6.07, 6.45) is 0. The number of carbonyl (C=O) groups is 1. The number of fused-ring (bicyclic) bond motifs is 1. The first kappa shape index (κ1) is 11.0. The normalized spacial score (nSPS) is 10.4. The summed E-state index contributed by atoms with van der Waals surface area (Å²) in [5, 5.41) is 2.53. The van der Waals surface area contributed by atoms with E-state index in [1.807, 2.05) is 18.2 Å². The molecule has 0 fully saturated rings. The van der Waals surface area contributed by atoms with Crippen molar-refractivity contribution in [1.82, 2.24) is 0 Å². The molecule has 0 heterocycles. The number of esters is 1. The molecule has 2 nitrogen and oxygen atoms in total. The maximum Gasteiger partial charge on any atom is 0.338 e. The van der Waals surface area contributed by atoms with Gasteiger partial charge in [0.1, 0.15) is 0 Å². The first-order valence-electron chi connectivity index (χ1n) is 5.08. The third-order valence-corrected chi connectivity index (χ3v) is 2.67. The van der Waals surface area contributed by atoms with E-state index in [1.54, 1.807) is 25.1 Å². The molecule has 0 N–H and O–H groups in total. The lowest BCUT2D eigenvalue weighted by Gasteiger charge is -2.04. The van der Waals surface area contributed by atoms with E-state index in [0.717, 1.165) is 10.8 Å². The van der Waals surface area contributed by atoms with Gasteiger partial charge in [0.15, 0.2) is 0 Å². The molecule has 0 saturated carbocycles. The molecule has 0 aromatic heterocycles. The molecule has 0 atom stereocenters. The summed E-state index contributed by atoms with van der Waals surface area (Å²) in [6, 6.07) is 11.0. The maximum atomic E-state index is 11.5. The van der Waals surface area contributed by atoms with E-state index < -0.39 is 0 Å². The molecule has 0 amide bonds. The third-order valence-electron chi connectivity index (χ3n) is 2.34. The summed E-state index contributed by atoms with van der Waals surface area (Å²) in [7, 11) is 0. The largest absolute Gasteiger partial charge is 0.462 e. The van der Waals surface area contributed by atoms with Crippen molar-refractivity contribution >= 4 is 28.3 Å². The number of ether oxygens (including phenoxy) is 1. The number of hydrogen-bond acceptors (Lipinski definition) is 2. The van der Waals surface area contributed by atoms with Crippen molar-refractivity contribution < 1.29 is 9.53 Å². The molecule has 0 aliphatic carbocycles. The molecule has 3 heteroatoms. The van der Waals surface area contributed by atoms with Crippen LogP contribution < -0.4 is 0 Å². The van der Waals surface area contributed by atoms with Crippen molar-refractivity contribution in [3.63, 3.8) is 0 Å². The molecule has 0 saturated heterocycles. The molecular formula is C13H11ClO2.